The first-order chi connectivity index (χ1) is 14.8. The summed E-state index contributed by atoms with van der Waals surface area (Å²) in [5.41, 5.74) is -11.5. The van der Waals surface area contributed by atoms with E-state index in [0.29, 0.717) is 12.1 Å². The van der Waals surface area contributed by atoms with Gasteiger partial charge in [0.1, 0.15) is 5.75 Å². The van der Waals surface area contributed by atoms with Crippen LogP contribution in [0.1, 0.15) is 18.1 Å². The second kappa shape index (κ2) is 8.58. The second-order valence-corrected chi connectivity index (χ2v) is 7.32. The highest BCUT2D eigenvalue weighted by Gasteiger charge is 2.82. The molecule has 1 radical (unpaired) electrons. The molecule has 0 saturated heterocycles. The van der Waals surface area contributed by atoms with Crippen LogP contribution in [0.3, 0.4) is 0 Å². The summed E-state index contributed by atoms with van der Waals surface area (Å²) in [5, 5.41) is 0. The van der Waals surface area contributed by atoms with Crippen molar-refractivity contribution < 1.29 is 57.4 Å². The zero-order valence-corrected chi connectivity index (χ0v) is 17.5. The largest absolute Gasteiger partial charge is 0.573 e. The van der Waals surface area contributed by atoms with Crippen molar-refractivity contribution in [1.82, 2.24) is 0 Å². The molecule has 14 heteroatoms. The van der Waals surface area contributed by atoms with Crippen molar-refractivity contribution in [2.45, 2.75) is 43.7 Å². The molecular formula is C19H10BrF12O. The Morgan fingerprint density at radius 2 is 1.39 bits per heavy atom. The minimum atomic E-state index is -7.03. The Balaban J connectivity index is 3.07. The van der Waals surface area contributed by atoms with Crippen molar-refractivity contribution in [2.75, 3.05) is 0 Å². The van der Waals surface area contributed by atoms with Crippen LogP contribution in [0.4, 0.5) is 52.7 Å². The van der Waals surface area contributed by atoms with Crippen LogP contribution in [0.2, 0.25) is 0 Å². The summed E-state index contributed by atoms with van der Waals surface area (Å²) in [6.45, 7) is 1.25. The monoisotopic (exact) mass is 561 g/mol. The predicted octanol–water partition coefficient (Wildman–Crippen LogP) is 8.30. The van der Waals surface area contributed by atoms with Crippen LogP contribution in [-0.2, 0) is 12.1 Å². The quantitative estimate of drug-likeness (QED) is 0.334. The van der Waals surface area contributed by atoms with Gasteiger partial charge in [0.05, 0.1) is 0 Å². The number of halogens is 13. The van der Waals surface area contributed by atoms with Crippen LogP contribution in [0.5, 0.6) is 5.75 Å². The van der Waals surface area contributed by atoms with E-state index in [1.54, 1.807) is 0 Å². The summed E-state index contributed by atoms with van der Waals surface area (Å²) in [6, 6.07) is 5.37. The Labute approximate surface area is 186 Å². The Morgan fingerprint density at radius 1 is 0.848 bits per heavy atom. The topological polar surface area (TPSA) is 9.23 Å². The lowest BCUT2D eigenvalue weighted by Crippen LogP contribution is -2.60. The summed E-state index contributed by atoms with van der Waals surface area (Å²) in [7, 11) is 0. The van der Waals surface area contributed by atoms with Crippen LogP contribution in [0.15, 0.2) is 34.8 Å². The average molecular weight is 562 g/mol. The van der Waals surface area contributed by atoms with E-state index in [0.717, 1.165) is 12.1 Å². The Morgan fingerprint density at radius 3 is 1.85 bits per heavy atom. The van der Waals surface area contributed by atoms with E-state index in [9.17, 15) is 48.3 Å². The third-order valence-corrected chi connectivity index (χ3v) is 4.99. The third kappa shape index (κ3) is 4.90. The molecule has 0 spiro atoms. The van der Waals surface area contributed by atoms with E-state index in [1.165, 1.54) is 6.92 Å². The number of para-hydroxylation sites is 1. The van der Waals surface area contributed by atoms with Crippen LogP contribution < -0.4 is 4.74 Å². The second-order valence-electron chi connectivity index (χ2n) is 6.52. The first-order valence-electron chi connectivity index (χ1n) is 8.58. The maximum absolute atomic E-state index is 15.3. The van der Waals surface area contributed by atoms with Gasteiger partial charge in [-0.2, -0.15) is 35.1 Å². The molecule has 0 aliphatic carbocycles. The number of aryl methyl sites for hydroxylation is 1. The lowest BCUT2D eigenvalue weighted by atomic mass is 9.81. The molecule has 1 atom stereocenters. The van der Waals surface area contributed by atoms with Gasteiger partial charge in [-0.1, -0.05) is 31.2 Å². The van der Waals surface area contributed by atoms with Crippen molar-refractivity contribution in [3.63, 3.8) is 0 Å². The number of ether oxygens (including phenoxy) is 1. The molecule has 0 aliphatic heterocycles. The normalized spacial score (nSPS) is 15.3. The molecule has 0 aromatic heterocycles. The third-order valence-electron chi connectivity index (χ3n) is 4.39. The smallest absolute Gasteiger partial charge is 0.405 e. The van der Waals surface area contributed by atoms with Crippen molar-refractivity contribution in [3.05, 3.63) is 52.0 Å². The molecule has 0 saturated carbocycles. The highest BCUT2D eigenvalue weighted by atomic mass is 79.9. The number of hydrogen-bond donors (Lipinski definition) is 0. The van der Waals surface area contributed by atoms with Crippen LogP contribution in [-0.4, -0.2) is 24.6 Å². The molecule has 0 bridgehead atoms. The minimum Gasteiger partial charge on any atom is -0.405 e. The van der Waals surface area contributed by atoms with Crippen molar-refractivity contribution >= 4 is 15.9 Å². The summed E-state index contributed by atoms with van der Waals surface area (Å²) in [4.78, 5) is 0. The van der Waals surface area contributed by atoms with Gasteiger partial charge in [0.15, 0.2) is 0 Å². The van der Waals surface area contributed by atoms with Gasteiger partial charge in [-0.3, -0.25) is 0 Å². The first-order valence-corrected chi connectivity index (χ1v) is 9.37. The van der Waals surface area contributed by atoms with Gasteiger partial charge < -0.3 is 4.74 Å². The number of alkyl halides is 12. The Bertz CT molecular complexity index is 1010. The van der Waals surface area contributed by atoms with Crippen molar-refractivity contribution in [3.8, 4) is 16.9 Å². The van der Waals surface area contributed by atoms with Crippen LogP contribution >= 0.6 is 15.9 Å². The molecular weight excluding hydrogens is 552 g/mol. The fourth-order valence-electron chi connectivity index (χ4n) is 2.91. The van der Waals surface area contributed by atoms with Crippen LogP contribution in [0, 0.1) is 6.07 Å². The average Bonchev–Trinajstić information content (AvgIpc) is 2.64. The lowest BCUT2D eigenvalue weighted by Gasteiger charge is -2.37. The molecule has 1 unspecified atom stereocenters. The lowest BCUT2D eigenvalue weighted by molar-refractivity contribution is -0.389. The number of rotatable bonds is 5. The standard InChI is InChI=1S/C19H10BrF12O/c1-2-9-7-11(15(21,17(24,25)26)16(22,23)18(27,28)29)14(12(20)8-9)10-5-3-4-6-13(10)33-19(30,31)32/h3-7H,2H2,1H3. The molecule has 0 fully saturated rings. The SMILES string of the molecule is CCc1[c]c(Br)c(-c2ccccc2OC(F)(F)F)c(C(F)(C(F)(F)F)C(F)(F)C(F)(F)F)c1. The summed E-state index contributed by atoms with van der Waals surface area (Å²) < 4.78 is 165. The zero-order valence-electron chi connectivity index (χ0n) is 15.9. The summed E-state index contributed by atoms with van der Waals surface area (Å²) in [5.74, 6) is -8.30. The maximum atomic E-state index is 15.3. The molecule has 0 heterocycles. The molecule has 33 heavy (non-hydrogen) atoms. The predicted molar refractivity (Wildman–Crippen MR) is 94.3 cm³/mol. The summed E-state index contributed by atoms with van der Waals surface area (Å²) in [6.07, 6.45) is -19.6. The Kier molecular flexibility index (Phi) is 7.06. The number of benzene rings is 2. The van der Waals surface area contributed by atoms with E-state index < -0.39 is 62.8 Å². The number of hydrogen-bond acceptors (Lipinski definition) is 1. The van der Waals surface area contributed by atoms with Gasteiger partial charge >= 0.3 is 30.3 Å². The van der Waals surface area contributed by atoms with Gasteiger partial charge in [-0.25, -0.2) is 4.39 Å². The van der Waals surface area contributed by atoms with Gasteiger partial charge in [-0.05, 0) is 34.0 Å². The molecule has 2 aromatic rings. The van der Waals surface area contributed by atoms with E-state index in [1.807, 2.05) is 0 Å². The fraction of sp³-hybridized carbons (Fsp3) is 0.368. The maximum Gasteiger partial charge on any atom is 0.573 e. The molecule has 2 rings (SSSR count). The molecule has 0 amide bonds. The summed E-state index contributed by atoms with van der Waals surface area (Å²) >= 11 is 2.61. The van der Waals surface area contributed by atoms with Gasteiger partial charge in [0, 0.05) is 27.2 Å². The van der Waals surface area contributed by atoms with Crippen LogP contribution in [0.25, 0.3) is 11.1 Å². The molecule has 0 N–H and O–H groups in total. The molecule has 183 valence electrons. The van der Waals surface area contributed by atoms with Gasteiger partial charge in [-0.15, -0.1) is 13.2 Å². The van der Waals surface area contributed by atoms with E-state index in [-0.39, 0.29) is 12.5 Å². The first kappa shape index (κ1) is 27.1. The molecule has 2 aromatic carbocycles. The van der Waals surface area contributed by atoms with E-state index >= 15 is 4.39 Å². The van der Waals surface area contributed by atoms with E-state index in [4.69, 9.17) is 0 Å². The molecule has 0 aliphatic rings. The van der Waals surface area contributed by atoms with E-state index in [2.05, 4.69) is 26.7 Å². The Hall–Kier alpha value is -2.12. The fourth-order valence-corrected chi connectivity index (χ4v) is 3.59. The molecule has 1 nitrogen and oxygen atoms in total. The van der Waals surface area contributed by atoms with Crippen molar-refractivity contribution in [1.29, 1.82) is 0 Å². The highest BCUT2D eigenvalue weighted by molar-refractivity contribution is 9.10. The van der Waals surface area contributed by atoms with Crippen molar-refractivity contribution in [2.24, 2.45) is 0 Å². The minimum absolute atomic E-state index is 0.0532. The zero-order chi connectivity index (χ0) is 25.6. The van der Waals surface area contributed by atoms with Gasteiger partial charge in [0.2, 0.25) is 0 Å². The highest BCUT2D eigenvalue weighted by Crippen LogP contribution is 2.60. The van der Waals surface area contributed by atoms with Gasteiger partial charge in [0.25, 0.3) is 0 Å².